The Morgan fingerprint density at radius 3 is 2.62 bits per heavy atom. The van der Waals surface area contributed by atoms with E-state index >= 15 is 0 Å². The molecule has 0 spiro atoms. The lowest BCUT2D eigenvalue weighted by Gasteiger charge is -2.09. The van der Waals surface area contributed by atoms with Crippen LogP contribution < -0.4 is 16.2 Å². The fourth-order valence-corrected chi connectivity index (χ4v) is 1.15. The zero-order valence-electron chi connectivity index (χ0n) is 7.30. The molecule has 0 fully saturated rings. The summed E-state index contributed by atoms with van der Waals surface area (Å²) in [6.07, 6.45) is 0. The summed E-state index contributed by atoms with van der Waals surface area (Å²) in [6, 6.07) is 3.26. The number of rotatable bonds is 2. The van der Waals surface area contributed by atoms with Gasteiger partial charge in [-0.3, -0.25) is 0 Å². The number of anilines is 1. The van der Waals surface area contributed by atoms with E-state index < -0.39 is 0 Å². The minimum atomic E-state index is 0.402. The molecule has 70 valence electrons. The lowest BCUT2D eigenvalue weighted by Crippen LogP contribution is -1.99. The fraction of sp³-hybridized carbons (Fsp3) is 0.111. The fourth-order valence-electron chi connectivity index (χ4n) is 0.989. The van der Waals surface area contributed by atoms with Crippen molar-refractivity contribution in [3.63, 3.8) is 0 Å². The maximum Gasteiger partial charge on any atom is 0.130 e. The number of halogens is 1. The van der Waals surface area contributed by atoms with Crippen molar-refractivity contribution < 1.29 is 4.74 Å². The molecule has 3 nitrogen and oxygen atoms in total. The molecular weight excluding hydrogens is 188 g/mol. The van der Waals surface area contributed by atoms with E-state index in [0.29, 0.717) is 27.7 Å². The van der Waals surface area contributed by atoms with Gasteiger partial charge in [-0.25, -0.2) is 0 Å². The second kappa shape index (κ2) is 3.58. The molecule has 1 rings (SSSR count). The smallest absolute Gasteiger partial charge is 0.130 e. The van der Waals surface area contributed by atoms with Crippen LogP contribution in [0.1, 0.15) is 5.56 Å². The SMILES string of the molecule is C=C(N)c1cc(Cl)c(N)cc1OC. The average molecular weight is 199 g/mol. The highest BCUT2D eigenvalue weighted by Crippen LogP contribution is 2.30. The van der Waals surface area contributed by atoms with Crippen LogP contribution in [0, 0.1) is 0 Å². The number of hydrogen-bond donors (Lipinski definition) is 2. The molecule has 0 bridgehead atoms. The van der Waals surface area contributed by atoms with E-state index in [1.54, 1.807) is 12.1 Å². The van der Waals surface area contributed by atoms with Gasteiger partial charge in [-0.2, -0.15) is 0 Å². The Bertz CT molecular complexity index is 350. The van der Waals surface area contributed by atoms with Crippen molar-refractivity contribution in [3.8, 4) is 5.75 Å². The summed E-state index contributed by atoms with van der Waals surface area (Å²) in [5.74, 6) is 0.578. The van der Waals surface area contributed by atoms with E-state index in [1.807, 2.05) is 0 Å². The molecule has 4 N–H and O–H groups in total. The Labute approximate surface area is 81.9 Å². The van der Waals surface area contributed by atoms with Gasteiger partial charge in [-0.05, 0) is 6.07 Å². The molecule has 1 aromatic carbocycles. The van der Waals surface area contributed by atoms with Gasteiger partial charge >= 0.3 is 0 Å². The van der Waals surface area contributed by atoms with Gasteiger partial charge in [0, 0.05) is 17.3 Å². The first-order valence-electron chi connectivity index (χ1n) is 3.64. The van der Waals surface area contributed by atoms with Gasteiger partial charge < -0.3 is 16.2 Å². The van der Waals surface area contributed by atoms with Crippen molar-refractivity contribution in [3.05, 3.63) is 29.3 Å². The van der Waals surface area contributed by atoms with E-state index in [9.17, 15) is 0 Å². The first-order chi connectivity index (χ1) is 6.06. The molecule has 0 aliphatic heterocycles. The van der Waals surface area contributed by atoms with Crippen molar-refractivity contribution in [2.75, 3.05) is 12.8 Å². The first-order valence-corrected chi connectivity index (χ1v) is 4.01. The van der Waals surface area contributed by atoms with Gasteiger partial charge in [0.2, 0.25) is 0 Å². The van der Waals surface area contributed by atoms with Crippen LogP contribution in [0.4, 0.5) is 5.69 Å². The Hall–Kier alpha value is -1.35. The monoisotopic (exact) mass is 198 g/mol. The summed E-state index contributed by atoms with van der Waals surface area (Å²) < 4.78 is 5.06. The van der Waals surface area contributed by atoms with E-state index in [-0.39, 0.29) is 0 Å². The summed E-state index contributed by atoms with van der Waals surface area (Å²) in [5, 5.41) is 0.447. The van der Waals surface area contributed by atoms with Gasteiger partial charge in [0.05, 0.1) is 17.8 Å². The average Bonchev–Trinajstić information content (AvgIpc) is 2.08. The van der Waals surface area contributed by atoms with Gasteiger partial charge in [0.1, 0.15) is 5.75 Å². The quantitative estimate of drug-likeness (QED) is 0.714. The molecule has 0 atom stereocenters. The maximum atomic E-state index is 5.81. The molecule has 0 amide bonds. The van der Waals surface area contributed by atoms with Crippen molar-refractivity contribution in [1.29, 1.82) is 0 Å². The van der Waals surface area contributed by atoms with Crippen molar-refractivity contribution in [2.24, 2.45) is 5.73 Å². The number of benzene rings is 1. The number of methoxy groups -OCH3 is 1. The van der Waals surface area contributed by atoms with Gasteiger partial charge in [0.25, 0.3) is 0 Å². The number of nitrogens with two attached hydrogens (primary N) is 2. The molecule has 0 saturated heterocycles. The van der Waals surface area contributed by atoms with Crippen LogP contribution in [0.5, 0.6) is 5.75 Å². The molecular formula is C9H11ClN2O. The topological polar surface area (TPSA) is 61.3 Å². The Balaban J connectivity index is 3.33. The zero-order chi connectivity index (χ0) is 10.0. The van der Waals surface area contributed by atoms with Crippen LogP contribution in [-0.4, -0.2) is 7.11 Å². The third kappa shape index (κ3) is 1.87. The van der Waals surface area contributed by atoms with Crippen molar-refractivity contribution >= 4 is 23.0 Å². The standard InChI is InChI=1S/C9H11ClN2O/c1-5(11)6-3-7(10)8(12)4-9(6)13-2/h3-4H,1,11-12H2,2H3. The lowest BCUT2D eigenvalue weighted by molar-refractivity contribution is 0.413. The summed E-state index contributed by atoms with van der Waals surface area (Å²) in [7, 11) is 1.54. The molecule has 0 unspecified atom stereocenters. The van der Waals surface area contributed by atoms with Crippen LogP contribution >= 0.6 is 11.6 Å². The number of hydrogen-bond acceptors (Lipinski definition) is 3. The third-order valence-electron chi connectivity index (χ3n) is 1.66. The van der Waals surface area contributed by atoms with E-state index in [1.165, 1.54) is 7.11 Å². The van der Waals surface area contributed by atoms with Crippen LogP contribution in [0.2, 0.25) is 5.02 Å². The Morgan fingerprint density at radius 1 is 1.54 bits per heavy atom. The third-order valence-corrected chi connectivity index (χ3v) is 1.99. The Kier molecular flexibility index (Phi) is 2.68. The van der Waals surface area contributed by atoms with Crippen LogP contribution in [0.15, 0.2) is 18.7 Å². The van der Waals surface area contributed by atoms with Gasteiger partial charge in [0.15, 0.2) is 0 Å². The van der Waals surface area contributed by atoms with E-state index in [4.69, 9.17) is 27.8 Å². The normalized spacial score (nSPS) is 9.69. The van der Waals surface area contributed by atoms with E-state index in [0.717, 1.165) is 0 Å². The first kappa shape index (κ1) is 9.74. The Morgan fingerprint density at radius 2 is 2.15 bits per heavy atom. The number of nitrogen functional groups attached to an aromatic ring is 1. The molecule has 4 heteroatoms. The summed E-state index contributed by atoms with van der Waals surface area (Å²) >= 11 is 5.81. The molecule has 1 aromatic rings. The lowest BCUT2D eigenvalue weighted by atomic mass is 10.1. The summed E-state index contributed by atoms with van der Waals surface area (Å²) in [5.41, 5.74) is 12.6. The molecule has 0 aliphatic carbocycles. The predicted molar refractivity (Wildman–Crippen MR) is 55.6 cm³/mol. The van der Waals surface area contributed by atoms with E-state index in [2.05, 4.69) is 6.58 Å². The highest BCUT2D eigenvalue weighted by Gasteiger charge is 2.07. The minimum absolute atomic E-state index is 0.402. The predicted octanol–water partition coefficient (Wildman–Crippen LogP) is 1.86. The molecule has 0 aliphatic rings. The molecule has 0 aromatic heterocycles. The zero-order valence-corrected chi connectivity index (χ0v) is 8.06. The second-order valence-electron chi connectivity index (χ2n) is 2.60. The molecule has 0 heterocycles. The summed E-state index contributed by atoms with van der Waals surface area (Å²) in [6.45, 7) is 3.60. The van der Waals surface area contributed by atoms with Crippen LogP contribution in [-0.2, 0) is 0 Å². The van der Waals surface area contributed by atoms with Crippen molar-refractivity contribution in [2.45, 2.75) is 0 Å². The van der Waals surface area contributed by atoms with Crippen molar-refractivity contribution in [1.82, 2.24) is 0 Å². The van der Waals surface area contributed by atoms with Crippen LogP contribution in [0.25, 0.3) is 5.70 Å². The van der Waals surface area contributed by atoms with Crippen LogP contribution in [0.3, 0.4) is 0 Å². The molecule has 13 heavy (non-hydrogen) atoms. The second-order valence-corrected chi connectivity index (χ2v) is 3.01. The van der Waals surface area contributed by atoms with Gasteiger partial charge in [-0.15, -0.1) is 0 Å². The molecule has 0 radical (unpaired) electrons. The maximum absolute atomic E-state index is 5.81. The highest BCUT2D eigenvalue weighted by molar-refractivity contribution is 6.33. The summed E-state index contributed by atoms with van der Waals surface area (Å²) in [4.78, 5) is 0. The largest absolute Gasteiger partial charge is 0.496 e. The molecule has 0 saturated carbocycles. The van der Waals surface area contributed by atoms with Gasteiger partial charge in [-0.1, -0.05) is 18.2 Å². The highest BCUT2D eigenvalue weighted by atomic mass is 35.5. The number of ether oxygens (including phenoxy) is 1. The minimum Gasteiger partial charge on any atom is -0.496 e.